The van der Waals surface area contributed by atoms with Crippen LogP contribution in [0.5, 0.6) is 0 Å². The predicted octanol–water partition coefficient (Wildman–Crippen LogP) is 2.21. The van der Waals surface area contributed by atoms with Crippen LogP contribution in [-0.2, 0) is 4.79 Å². The van der Waals surface area contributed by atoms with Gasteiger partial charge in [-0.3, -0.25) is 4.79 Å². The normalized spacial score (nSPS) is 16.8. The van der Waals surface area contributed by atoms with Gasteiger partial charge in [0.1, 0.15) is 0 Å². The Balaban J connectivity index is 1.77. The second-order valence-corrected chi connectivity index (χ2v) is 5.07. The van der Waals surface area contributed by atoms with Gasteiger partial charge in [-0.1, -0.05) is 23.7 Å². The van der Waals surface area contributed by atoms with Crippen molar-refractivity contribution in [2.24, 2.45) is 11.7 Å². The van der Waals surface area contributed by atoms with Crippen LogP contribution in [0, 0.1) is 5.92 Å². The largest absolute Gasteiger partial charge is 0.351 e. The maximum Gasteiger partial charge on any atom is 0.244 e. The number of carbonyl (C=O) groups is 1. The van der Waals surface area contributed by atoms with Gasteiger partial charge in [-0.2, -0.15) is 0 Å². The van der Waals surface area contributed by atoms with E-state index in [9.17, 15) is 4.79 Å². The summed E-state index contributed by atoms with van der Waals surface area (Å²) in [5.41, 5.74) is 6.84. The van der Waals surface area contributed by atoms with Crippen LogP contribution in [-0.4, -0.2) is 18.5 Å². The zero-order chi connectivity index (χ0) is 13.0. The Morgan fingerprint density at radius 2 is 2.11 bits per heavy atom. The maximum atomic E-state index is 11.6. The molecule has 0 heterocycles. The standard InChI is InChI=1S/C14H17ClN2O/c15-12-6-1-10(2-7-12)3-8-14(18)17-9-13(16)11-4-5-11/h1-3,6-8,11,13H,4-5,9,16H2,(H,17,18)/b8-3+. The molecule has 0 saturated heterocycles. The smallest absolute Gasteiger partial charge is 0.244 e. The van der Waals surface area contributed by atoms with E-state index in [2.05, 4.69) is 5.32 Å². The second kappa shape index (κ2) is 6.03. The minimum absolute atomic E-state index is 0.0953. The molecular weight excluding hydrogens is 248 g/mol. The first-order chi connectivity index (χ1) is 8.65. The van der Waals surface area contributed by atoms with Gasteiger partial charge in [-0.05, 0) is 42.5 Å². The van der Waals surface area contributed by atoms with Gasteiger partial charge in [0.25, 0.3) is 0 Å². The van der Waals surface area contributed by atoms with Crippen molar-refractivity contribution in [3.63, 3.8) is 0 Å². The third-order valence-corrected chi connectivity index (χ3v) is 3.29. The second-order valence-electron chi connectivity index (χ2n) is 4.63. The van der Waals surface area contributed by atoms with Gasteiger partial charge in [0.2, 0.25) is 5.91 Å². The molecule has 0 bridgehead atoms. The van der Waals surface area contributed by atoms with Crippen LogP contribution in [0.4, 0.5) is 0 Å². The number of halogens is 1. The Morgan fingerprint density at radius 1 is 1.44 bits per heavy atom. The molecular formula is C14H17ClN2O. The molecule has 96 valence electrons. The van der Waals surface area contributed by atoms with Crippen molar-refractivity contribution in [3.05, 3.63) is 40.9 Å². The summed E-state index contributed by atoms with van der Waals surface area (Å²) >= 11 is 5.78. The molecule has 0 aromatic heterocycles. The molecule has 1 amide bonds. The van der Waals surface area contributed by atoms with Gasteiger partial charge in [0.15, 0.2) is 0 Å². The highest BCUT2D eigenvalue weighted by molar-refractivity contribution is 6.30. The molecule has 0 aliphatic heterocycles. The van der Waals surface area contributed by atoms with Crippen molar-refractivity contribution >= 4 is 23.6 Å². The van der Waals surface area contributed by atoms with Crippen molar-refractivity contribution < 1.29 is 4.79 Å². The van der Waals surface area contributed by atoms with Gasteiger partial charge in [-0.25, -0.2) is 0 Å². The number of amides is 1. The first-order valence-electron chi connectivity index (χ1n) is 6.12. The fraction of sp³-hybridized carbons (Fsp3) is 0.357. The molecule has 4 heteroatoms. The molecule has 1 aliphatic carbocycles. The number of benzene rings is 1. The molecule has 1 aliphatic rings. The molecule has 1 fully saturated rings. The molecule has 1 aromatic rings. The van der Waals surface area contributed by atoms with E-state index in [1.807, 2.05) is 12.1 Å². The van der Waals surface area contributed by atoms with Crippen LogP contribution in [0.3, 0.4) is 0 Å². The van der Waals surface area contributed by atoms with Crippen LogP contribution >= 0.6 is 11.6 Å². The van der Waals surface area contributed by atoms with Crippen molar-refractivity contribution in [2.45, 2.75) is 18.9 Å². The molecule has 1 atom stereocenters. The number of nitrogens with two attached hydrogens (primary N) is 1. The minimum atomic E-state index is -0.110. The molecule has 3 nitrogen and oxygen atoms in total. The summed E-state index contributed by atoms with van der Waals surface area (Å²) in [5.74, 6) is 0.492. The lowest BCUT2D eigenvalue weighted by molar-refractivity contribution is -0.116. The van der Waals surface area contributed by atoms with Gasteiger partial charge in [0, 0.05) is 23.7 Å². The third kappa shape index (κ3) is 4.17. The Kier molecular flexibility index (Phi) is 4.39. The highest BCUT2D eigenvalue weighted by Gasteiger charge is 2.28. The van der Waals surface area contributed by atoms with E-state index in [0.29, 0.717) is 17.5 Å². The number of nitrogens with one attached hydrogen (secondary N) is 1. The van der Waals surface area contributed by atoms with Crippen LogP contribution < -0.4 is 11.1 Å². The predicted molar refractivity (Wildman–Crippen MR) is 74.2 cm³/mol. The van der Waals surface area contributed by atoms with Gasteiger partial charge < -0.3 is 11.1 Å². The fourth-order valence-electron chi connectivity index (χ4n) is 1.71. The first-order valence-corrected chi connectivity index (χ1v) is 6.50. The lowest BCUT2D eigenvalue weighted by Crippen LogP contribution is -2.37. The van der Waals surface area contributed by atoms with Gasteiger partial charge >= 0.3 is 0 Å². The Hall–Kier alpha value is -1.32. The average Bonchev–Trinajstić information content (AvgIpc) is 3.19. The SMILES string of the molecule is NC(CNC(=O)/C=C/c1ccc(Cl)cc1)C1CC1. The first kappa shape index (κ1) is 13.1. The van der Waals surface area contributed by atoms with Crippen LogP contribution in [0.15, 0.2) is 30.3 Å². The molecule has 3 N–H and O–H groups in total. The molecule has 2 rings (SSSR count). The summed E-state index contributed by atoms with van der Waals surface area (Å²) in [7, 11) is 0. The zero-order valence-corrected chi connectivity index (χ0v) is 10.9. The van der Waals surface area contributed by atoms with E-state index in [-0.39, 0.29) is 11.9 Å². The molecule has 1 unspecified atom stereocenters. The Labute approximate surface area is 112 Å². The molecule has 0 spiro atoms. The Bertz CT molecular complexity index is 438. The van der Waals surface area contributed by atoms with E-state index in [1.54, 1.807) is 18.2 Å². The summed E-state index contributed by atoms with van der Waals surface area (Å²) in [5, 5.41) is 3.50. The molecule has 18 heavy (non-hydrogen) atoms. The topological polar surface area (TPSA) is 55.1 Å². The lowest BCUT2D eigenvalue weighted by Gasteiger charge is -2.09. The van der Waals surface area contributed by atoms with Gasteiger partial charge in [0.05, 0.1) is 0 Å². The summed E-state index contributed by atoms with van der Waals surface area (Å²) in [4.78, 5) is 11.6. The zero-order valence-electron chi connectivity index (χ0n) is 10.1. The number of hydrogen-bond acceptors (Lipinski definition) is 2. The quantitative estimate of drug-likeness (QED) is 0.801. The summed E-state index contributed by atoms with van der Waals surface area (Å²) in [6, 6.07) is 7.41. The number of carbonyl (C=O) groups excluding carboxylic acids is 1. The van der Waals surface area contributed by atoms with E-state index >= 15 is 0 Å². The Morgan fingerprint density at radius 3 is 2.72 bits per heavy atom. The van der Waals surface area contributed by atoms with Crippen molar-refractivity contribution in [1.29, 1.82) is 0 Å². The van der Waals surface area contributed by atoms with Gasteiger partial charge in [-0.15, -0.1) is 0 Å². The fourth-order valence-corrected chi connectivity index (χ4v) is 1.84. The molecule has 0 radical (unpaired) electrons. The average molecular weight is 265 g/mol. The van der Waals surface area contributed by atoms with Crippen LogP contribution in [0.1, 0.15) is 18.4 Å². The van der Waals surface area contributed by atoms with Crippen molar-refractivity contribution in [2.75, 3.05) is 6.54 Å². The van der Waals surface area contributed by atoms with E-state index in [0.717, 1.165) is 5.56 Å². The van der Waals surface area contributed by atoms with E-state index < -0.39 is 0 Å². The third-order valence-electron chi connectivity index (χ3n) is 3.04. The highest BCUT2D eigenvalue weighted by Crippen LogP contribution is 2.31. The maximum absolute atomic E-state index is 11.6. The van der Waals surface area contributed by atoms with E-state index in [4.69, 9.17) is 17.3 Å². The summed E-state index contributed by atoms with van der Waals surface area (Å²) < 4.78 is 0. The number of hydrogen-bond donors (Lipinski definition) is 2. The molecule has 1 saturated carbocycles. The van der Waals surface area contributed by atoms with Crippen LogP contribution in [0.25, 0.3) is 6.08 Å². The minimum Gasteiger partial charge on any atom is -0.351 e. The van der Waals surface area contributed by atoms with E-state index in [1.165, 1.54) is 18.9 Å². The monoisotopic (exact) mass is 264 g/mol. The lowest BCUT2D eigenvalue weighted by atomic mass is 10.2. The van der Waals surface area contributed by atoms with Crippen molar-refractivity contribution in [3.8, 4) is 0 Å². The summed E-state index contributed by atoms with van der Waals surface area (Å²) in [6.07, 6.45) is 5.66. The number of rotatable bonds is 5. The van der Waals surface area contributed by atoms with Crippen LogP contribution in [0.2, 0.25) is 5.02 Å². The highest BCUT2D eigenvalue weighted by atomic mass is 35.5. The summed E-state index contributed by atoms with van der Waals surface area (Å²) in [6.45, 7) is 0.550. The molecule has 1 aromatic carbocycles. The van der Waals surface area contributed by atoms with Crippen molar-refractivity contribution in [1.82, 2.24) is 5.32 Å².